The normalized spacial score (nSPS) is 12.9. The monoisotopic (exact) mass is 330 g/mol. The number of aliphatic hydroxyl groups is 1. The van der Waals surface area contributed by atoms with Crippen molar-refractivity contribution in [3.05, 3.63) is 0 Å². The first-order valence-corrected chi connectivity index (χ1v) is 8.05. The van der Waals surface area contributed by atoms with E-state index in [4.69, 9.17) is 9.84 Å². The molecule has 0 saturated carbocycles. The van der Waals surface area contributed by atoms with Gasteiger partial charge in [0.1, 0.15) is 13.2 Å². The molecule has 0 bridgehead atoms. The van der Waals surface area contributed by atoms with Crippen molar-refractivity contribution in [3.8, 4) is 0 Å². The van der Waals surface area contributed by atoms with Crippen molar-refractivity contribution >= 4 is 11.8 Å². The van der Waals surface area contributed by atoms with Gasteiger partial charge in [0.15, 0.2) is 0 Å². The SMILES string of the molecule is CC(C)(CNC(=O)CO)CC(C)(C)CNC(=O)COC(C)(C)C. The van der Waals surface area contributed by atoms with Crippen molar-refractivity contribution in [1.82, 2.24) is 10.6 Å². The van der Waals surface area contributed by atoms with Crippen molar-refractivity contribution in [2.45, 2.75) is 60.5 Å². The molecule has 0 aliphatic rings. The lowest BCUT2D eigenvalue weighted by atomic mass is 9.75. The summed E-state index contributed by atoms with van der Waals surface area (Å²) in [6.07, 6.45) is 0.812. The van der Waals surface area contributed by atoms with Gasteiger partial charge >= 0.3 is 0 Å². The van der Waals surface area contributed by atoms with Gasteiger partial charge in [-0.25, -0.2) is 0 Å². The molecule has 0 rings (SSSR count). The Balaban J connectivity index is 4.30. The lowest BCUT2D eigenvalue weighted by molar-refractivity contribution is -0.131. The Labute approximate surface area is 140 Å². The zero-order valence-electron chi connectivity index (χ0n) is 15.7. The van der Waals surface area contributed by atoms with E-state index in [1.807, 2.05) is 20.8 Å². The van der Waals surface area contributed by atoms with Gasteiger partial charge in [0, 0.05) is 13.1 Å². The van der Waals surface area contributed by atoms with Crippen LogP contribution in [0.15, 0.2) is 0 Å². The summed E-state index contributed by atoms with van der Waals surface area (Å²) >= 11 is 0. The van der Waals surface area contributed by atoms with Gasteiger partial charge in [-0.05, 0) is 38.0 Å². The third-order valence-electron chi connectivity index (χ3n) is 3.27. The number of hydrogen-bond acceptors (Lipinski definition) is 4. The third-order valence-corrected chi connectivity index (χ3v) is 3.27. The Morgan fingerprint density at radius 1 is 0.870 bits per heavy atom. The summed E-state index contributed by atoms with van der Waals surface area (Å²) in [6.45, 7) is 14.6. The Hall–Kier alpha value is -1.14. The second kappa shape index (κ2) is 8.64. The van der Waals surface area contributed by atoms with Crippen molar-refractivity contribution in [2.24, 2.45) is 10.8 Å². The highest BCUT2D eigenvalue weighted by Crippen LogP contribution is 2.32. The van der Waals surface area contributed by atoms with Crippen LogP contribution in [0.3, 0.4) is 0 Å². The minimum Gasteiger partial charge on any atom is -0.387 e. The molecule has 0 aromatic heterocycles. The summed E-state index contributed by atoms with van der Waals surface area (Å²) in [5.41, 5.74) is -0.592. The van der Waals surface area contributed by atoms with Crippen LogP contribution in [0.1, 0.15) is 54.9 Å². The highest BCUT2D eigenvalue weighted by Gasteiger charge is 2.29. The average Bonchev–Trinajstić information content (AvgIpc) is 2.38. The first-order valence-electron chi connectivity index (χ1n) is 8.05. The fourth-order valence-corrected chi connectivity index (χ4v) is 2.49. The molecule has 0 aromatic rings. The van der Waals surface area contributed by atoms with Crippen LogP contribution in [0.2, 0.25) is 0 Å². The van der Waals surface area contributed by atoms with E-state index in [9.17, 15) is 9.59 Å². The van der Waals surface area contributed by atoms with Crippen molar-refractivity contribution in [3.63, 3.8) is 0 Å². The minimum atomic E-state index is -0.497. The molecule has 0 saturated heterocycles. The third kappa shape index (κ3) is 12.0. The second-order valence-corrected chi connectivity index (χ2v) is 8.62. The molecule has 6 heteroatoms. The number of rotatable bonds is 9. The van der Waals surface area contributed by atoms with Crippen molar-refractivity contribution in [2.75, 3.05) is 26.3 Å². The van der Waals surface area contributed by atoms with E-state index in [1.165, 1.54) is 0 Å². The number of hydrogen-bond donors (Lipinski definition) is 3. The van der Waals surface area contributed by atoms with Crippen LogP contribution in [-0.4, -0.2) is 48.8 Å². The largest absolute Gasteiger partial charge is 0.387 e. The molecule has 0 radical (unpaired) electrons. The van der Waals surface area contributed by atoms with Crippen LogP contribution < -0.4 is 10.6 Å². The van der Waals surface area contributed by atoms with E-state index in [1.54, 1.807) is 0 Å². The maximum Gasteiger partial charge on any atom is 0.246 e. The molecule has 0 heterocycles. The van der Waals surface area contributed by atoms with Gasteiger partial charge in [-0.3, -0.25) is 9.59 Å². The van der Waals surface area contributed by atoms with Gasteiger partial charge in [-0.15, -0.1) is 0 Å². The smallest absolute Gasteiger partial charge is 0.246 e. The molecule has 0 unspecified atom stereocenters. The Morgan fingerprint density at radius 3 is 1.70 bits per heavy atom. The maximum atomic E-state index is 11.8. The van der Waals surface area contributed by atoms with Crippen molar-refractivity contribution in [1.29, 1.82) is 0 Å². The summed E-state index contributed by atoms with van der Waals surface area (Å²) in [5, 5.41) is 14.3. The fraction of sp³-hybridized carbons (Fsp3) is 0.882. The molecule has 136 valence electrons. The summed E-state index contributed by atoms with van der Waals surface area (Å²) in [7, 11) is 0. The summed E-state index contributed by atoms with van der Waals surface area (Å²) in [6, 6.07) is 0. The predicted octanol–water partition coefficient (Wildman–Crippen LogP) is 1.47. The molecular formula is C17H34N2O4. The molecule has 0 atom stereocenters. The molecular weight excluding hydrogens is 296 g/mol. The van der Waals surface area contributed by atoms with Crippen LogP contribution in [0.25, 0.3) is 0 Å². The van der Waals surface area contributed by atoms with Gasteiger partial charge in [0.25, 0.3) is 0 Å². The molecule has 0 fully saturated rings. The first kappa shape index (κ1) is 21.9. The maximum absolute atomic E-state index is 11.8. The zero-order valence-corrected chi connectivity index (χ0v) is 15.7. The summed E-state index contributed by atoms with van der Waals surface area (Å²) in [5.74, 6) is -0.497. The van der Waals surface area contributed by atoms with Crippen LogP contribution in [0, 0.1) is 10.8 Å². The minimum absolute atomic E-state index is 0.0511. The first-order chi connectivity index (χ1) is 10.3. The Morgan fingerprint density at radius 2 is 1.30 bits per heavy atom. The van der Waals surface area contributed by atoms with E-state index in [0.717, 1.165) is 6.42 Å². The molecule has 23 heavy (non-hydrogen) atoms. The van der Waals surface area contributed by atoms with Gasteiger partial charge in [0.2, 0.25) is 11.8 Å². The molecule has 0 aliphatic carbocycles. The number of carbonyl (C=O) groups excluding carboxylic acids is 2. The van der Waals surface area contributed by atoms with E-state index in [-0.39, 0.29) is 34.9 Å². The topological polar surface area (TPSA) is 87.7 Å². The predicted molar refractivity (Wildman–Crippen MR) is 91.0 cm³/mol. The van der Waals surface area contributed by atoms with Gasteiger partial charge in [0.05, 0.1) is 5.60 Å². The highest BCUT2D eigenvalue weighted by atomic mass is 16.5. The van der Waals surface area contributed by atoms with Crippen LogP contribution >= 0.6 is 0 Å². The lowest BCUT2D eigenvalue weighted by Gasteiger charge is -2.35. The van der Waals surface area contributed by atoms with E-state index < -0.39 is 6.61 Å². The van der Waals surface area contributed by atoms with Gasteiger partial charge in [-0.1, -0.05) is 27.7 Å². The van der Waals surface area contributed by atoms with Gasteiger partial charge < -0.3 is 20.5 Å². The van der Waals surface area contributed by atoms with E-state index >= 15 is 0 Å². The van der Waals surface area contributed by atoms with Crippen molar-refractivity contribution < 1.29 is 19.4 Å². The zero-order chi connectivity index (χ0) is 18.3. The molecule has 6 nitrogen and oxygen atoms in total. The highest BCUT2D eigenvalue weighted by molar-refractivity contribution is 5.77. The molecule has 0 aliphatic heterocycles. The number of amides is 2. The van der Waals surface area contributed by atoms with Crippen LogP contribution in [0.4, 0.5) is 0 Å². The molecule has 3 N–H and O–H groups in total. The lowest BCUT2D eigenvalue weighted by Crippen LogP contribution is -2.42. The summed E-state index contributed by atoms with van der Waals surface area (Å²) < 4.78 is 5.45. The van der Waals surface area contributed by atoms with Crippen LogP contribution in [0.5, 0.6) is 0 Å². The Bertz CT molecular complexity index is 398. The van der Waals surface area contributed by atoms with Crippen LogP contribution in [-0.2, 0) is 14.3 Å². The fourth-order valence-electron chi connectivity index (χ4n) is 2.49. The van der Waals surface area contributed by atoms with E-state index in [0.29, 0.717) is 13.1 Å². The second-order valence-electron chi connectivity index (χ2n) is 8.62. The number of carbonyl (C=O) groups is 2. The number of aliphatic hydroxyl groups excluding tert-OH is 1. The molecule has 2 amide bonds. The number of ether oxygens (including phenoxy) is 1. The molecule has 0 spiro atoms. The number of nitrogens with one attached hydrogen (secondary N) is 2. The average molecular weight is 330 g/mol. The van der Waals surface area contributed by atoms with E-state index in [2.05, 4.69) is 38.3 Å². The Kier molecular flexibility index (Phi) is 8.21. The summed E-state index contributed by atoms with van der Waals surface area (Å²) in [4.78, 5) is 23.0. The molecule has 0 aromatic carbocycles. The standard InChI is InChI=1S/C17H34N2O4/c1-15(2,3)23-9-14(22)19-12-17(6,7)10-16(4,5)11-18-13(21)8-20/h20H,8-12H2,1-7H3,(H,18,21)(H,19,22). The van der Waals surface area contributed by atoms with Gasteiger partial charge in [-0.2, -0.15) is 0 Å². The quantitative estimate of drug-likeness (QED) is 0.597.